The maximum absolute atomic E-state index is 8.91. The van der Waals surface area contributed by atoms with Gasteiger partial charge in [-0.05, 0) is 25.5 Å². The summed E-state index contributed by atoms with van der Waals surface area (Å²) in [5, 5.41) is 8.91. The largest absolute Gasteiger partial charge is 0.490 e. The molecule has 0 spiro atoms. The van der Waals surface area contributed by atoms with Gasteiger partial charge >= 0.3 is 0 Å². The van der Waals surface area contributed by atoms with E-state index in [9.17, 15) is 0 Å². The molecule has 0 aromatic heterocycles. The highest BCUT2D eigenvalue weighted by Crippen LogP contribution is 2.28. The molecular weight excluding hydrogens is 262 g/mol. The van der Waals surface area contributed by atoms with Crippen LogP contribution in [0.1, 0.15) is 64.4 Å². The van der Waals surface area contributed by atoms with Crippen molar-refractivity contribution in [2.24, 2.45) is 0 Å². The Bertz CT molecular complexity index is 437. The molecular formula is C18H27NO2. The number of benzene rings is 1. The average Bonchev–Trinajstić information content (AvgIpc) is 2.51. The molecule has 1 rings (SSSR count). The van der Waals surface area contributed by atoms with E-state index in [0.717, 1.165) is 12.2 Å². The number of nitriles is 1. The molecule has 0 atom stereocenters. The molecule has 0 aliphatic carbocycles. The van der Waals surface area contributed by atoms with Crippen LogP contribution in [0.25, 0.3) is 0 Å². The highest BCUT2D eigenvalue weighted by Gasteiger charge is 2.06. The molecule has 3 heteroatoms. The van der Waals surface area contributed by atoms with E-state index < -0.39 is 0 Å². The summed E-state index contributed by atoms with van der Waals surface area (Å²) in [6.45, 7) is 5.45. The second-order valence-corrected chi connectivity index (χ2v) is 5.18. The van der Waals surface area contributed by atoms with Crippen molar-refractivity contribution in [1.29, 1.82) is 5.26 Å². The lowest BCUT2D eigenvalue weighted by Crippen LogP contribution is -2.01. The normalized spacial score (nSPS) is 10.1. The van der Waals surface area contributed by atoms with Crippen LogP contribution < -0.4 is 9.47 Å². The Morgan fingerprint density at radius 3 is 2.29 bits per heavy atom. The van der Waals surface area contributed by atoms with Crippen LogP contribution in [0.3, 0.4) is 0 Å². The van der Waals surface area contributed by atoms with E-state index in [1.165, 1.54) is 38.5 Å². The summed E-state index contributed by atoms with van der Waals surface area (Å²) in [6, 6.07) is 7.45. The molecule has 0 fully saturated rings. The topological polar surface area (TPSA) is 42.2 Å². The molecule has 0 heterocycles. The van der Waals surface area contributed by atoms with Gasteiger partial charge in [0.25, 0.3) is 0 Å². The predicted octanol–water partition coefficient (Wildman–Crippen LogP) is 5.09. The van der Waals surface area contributed by atoms with Crippen LogP contribution in [0.15, 0.2) is 18.2 Å². The highest BCUT2D eigenvalue weighted by atomic mass is 16.5. The Labute approximate surface area is 128 Å². The van der Waals surface area contributed by atoms with Gasteiger partial charge in [0.1, 0.15) is 0 Å². The summed E-state index contributed by atoms with van der Waals surface area (Å²) < 4.78 is 11.3. The number of hydrogen-bond donors (Lipinski definition) is 0. The third-order valence-corrected chi connectivity index (χ3v) is 3.38. The monoisotopic (exact) mass is 289 g/mol. The Morgan fingerprint density at radius 1 is 0.905 bits per heavy atom. The van der Waals surface area contributed by atoms with Crippen molar-refractivity contribution in [3.05, 3.63) is 23.8 Å². The van der Waals surface area contributed by atoms with Crippen molar-refractivity contribution in [1.82, 2.24) is 0 Å². The van der Waals surface area contributed by atoms with E-state index in [4.69, 9.17) is 14.7 Å². The lowest BCUT2D eigenvalue weighted by Gasteiger charge is -2.12. The summed E-state index contributed by atoms with van der Waals surface area (Å²) in [4.78, 5) is 0. The first kappa shape index (κ1) is 17.4. The summed E-state index contributed by atoms with van der Waals surface area (Å²) in [5.74, 6) is 1.40. The van der Waals surface area contributed by atoms with Gasteiger partial charge in [0.05, 0.1) is 24.8 Å². The number of unbranched alkanes of at least 4 members (excludes halogenated alkanes) is 6. The Morgan fingerprint density at radius 2 is 1.62 bits per heavy atom. The van der Waals surface area contributed by atoms with Gasteiger partial charge in [-0.25, -0.2) is 0 Å². The van der Waals surface area contributed by atoms with E-state index in [0.29, 0.717) is 24.5 Å². The number of ether oxygens (including phenoxy) is 2. The first-order valence-electron chi connectivity index (χ1n) is 8.11. The molecule has 3 nitrogen and oxygen atoms in total. The Balaban J connectivity index is 2.29. The predicted molar refractivity (Wildman–Crippen MR) is 85.8 cm³/mol. The molecule has 0 radical (unpaired) electrons. The maximum atomic E-state index is 8.91. The summed E-state index contributed by atoms with van der Waals surface area (Å²) in [7, 11) is 0. The van der Waals surface area contributed by atoms with Gasteiger partial charge < -0.3 is 9.47 Å². The van der Waals surface area contributed by atoms with E-state index in [1.54, 1.807) is 12.1 Å². The first-order chi connectivity index (χ1) is 10.3. The van der Waals surface area contributed by atoms with Gasteiger partial charge in [0, 0.05) is 6.07 Å². The van der Waals surface area contributed by atoms with Crippen molar-refractivity contribution in [3.63, 3.8) is 0 Å². The van der Waals surface area contributed by atoms with Crippen molar-refractivity contribution in [2.75, 3.05) is 13.2 Å². The van der Waals surface area contributed by atoms with Crippen LogP contribution >= 0.6 is 0 Å². The molecule has 1 aromatic carbocycles. The fraction of sp³-hybridized carbons (Fsp3) is 0.611. The van der Waals surface area contributed by atoms with Crippen LogP contribution in [-0.2, 0) is 0 Å². The zero-order chi connectivity index (χ0) is 15.3. The first-order valence-corrected chi connectivity index (χ1v) is 8.11. The molecule has 0 aliphatic heterocycles. The van der Waals surface area contributed by atoms with E-state index in [2.05, 4.69) is 13.0 Å². The zero-order valence-electron chi connectivity index (χ0n) is 13.4. The van der Waals surface area contributed by atoms with Crippen molar-refractivity contribution < 1.29 is 9.47 Å². The summed E-state index contributed by atoms with van der Waals surface area (Å²) in [6.07, 6.45) is 8.88. The molecule has 0 aliphatic rings. The fourth-order valence-corrected chi connectivity index (χ4v) is 2.21. The van der Waals surface area contributed by atoms with Crippen LogP contribution in [0.2, 0.25) is 0 Å². The molecule has 0 N–H and O–H groups in total. The average molecular weight is 289 g/mol. The minimum atomic E-state index is 0.572. The fourth-order valence-electron chi connectivity index (χ4n) is 2.21. The summed E-state index contributed by atoms with van der Waals surface area (Å²) >= 11 is 0. The number of nitrogens with zero attached hydrogens (tertiary/aromatic N) is 1. The lowest BCUT2D eigenvalue weighted by molar-refractivity contribution is 0.270. The second kappa shape index (κ2) is 11.0. The molecule has 0 unspecified atom stereocenters. The second-order valence-electron chi connectivity index (χ2n) is 5.18. The van der Waals surface area contributed by atoms with Gasteiger partial charge in [-0.1, -0.05) is 45.4 Å². The van der Waals surface area contributed by atoms with Crippen LogP contribution in [-0.4, -0.2) is 13.2 Å². The number of rotatable bonds is 11. The molecule has 0 amide bonds. The smallest absolute Gasteiger partial charge is 0.162 e. The minimum Gasteiger partial charge on any atom is -0.490 e. The van der Waals surface area contributed by atoms with E-state index in [-0.39, 0.29) is 0 Å². The molecule has 0 saturated carbocycles. The molecule has 116 valence electrons. The minimum absolute atomic E-state index is 0.572. The van der Waals surface area contributed by atoms with Gasteiger partial charge in [0.2, 0.25) is 0 Å². The lowest BCUT2D eigenvalue weighted by atomic mass is 10.1. The third-order valence-electron chi connectivity index (χ3n) is 3.38. The van der Waals surface area contributed by atoms with Gasteiger partial charge in [0.15, 0.2) is 11.5 Å². The van der Waals surface area contributed by atoms with Gasteiger partial charge in [-0.15, -0.1) is 0 Å². The van der Waals surface area contributed by atoms with Crippen LogP contribution in [0, 0.1) is 11.3 Å². The molecule has 1 aromatic rings. The molecule has 0 saturated heterocycles. The zero-order valence-corrected chi connectivity index (χ0v) is 13.4. The van der Waals surface area contributed by atoms with E-state index >= 15 is 0 Å². The molecule has 0 bridgehead atoms. The maximum Gasteiger partial charge on any atom is 0.162 e. The van der Waals surface area contributed by atoms with Crippen molar-refractivity contribution in [3.8, 4) is 17.6 Å². The number of hydrogen-bond acceptors (Lipinski definition) is 3. The van der Waals surface area contributed by atoms with Crippen molar-refractivity contribution >= 4 is 0 Å². The highest BCUT2D eigenvalue weighted by molar-refractivity contribution is 5.46. The van der Waals surface area contributed by atoms with Crippen LogP contribution in [0.4, 0.5) is 0 Å². The van der Waals surface area contributed by atoms with Crippen LogP contribution in [0.5, 0.6) is 11.5 Å². The SMILES string of the molecule is CCCCCCCCCOc1ccc(C#N)cc1OCC. The quantitative estimate of drug-likeness (QED) is 0.533. The van der Waals surface area contributed by atoms with Gasteiger partial charge in [-0.3, -0.25) is 0 Å². The van der Waals surface area contributed by atoms with Gasteiger partial charge in [-0.2, -0.15) is 5.26 Å². The van der Waals surface area contributed by atoms with E-state index in [1.807, 2.05) is 13.0 Å². The van der Waals surface area contributed by atoms with Crippen molar-refractivity contribution in [2.45, 2.75) is 58.8 Å². The Kier molecular flexibility index (Phi) is 9.11. The summed E-state index contributed by atoms with van der Waals surface area (Å²) in [5.41, 5.74) is 0.599. The standard InChI is InChI=1S/C18H27NO2/c1-3-5-6-7-8-9-10-13-21-17-12-11-16(15-19)14-18(17)20-4-2/h11-12,14H,3-10,13H2,1-2H3. The Hall–Kier alpha value is -1.69. The third kappa shape index (κ3) is 7.04. The molecule has 21 heavy (non-hydrogen) atoms.